The number of halogens is 6. The number of amides is 1. The number of nitrogens with zero attached hydrogens (tertiary/aromatic N) is 7. The monoisotopic (exact) mass is 755 g/mol. The van der Waals surface area contributed by atoms with Crippen LogP contribution in [0, 0.1) is 17.5 Å². The van der Waals surface area contributed by atoms with E-state index in [1.807, 2.05) is 0 Å². The molecule has 0 fully saturated rings. The average Bonchev–Trinajstić information content (AvgIpc) is 3.62. The minimum atomic E-state index is -5.15. The molecule has 18 nitrogen and oxygen atoms in total. The molecule has 0 saturated carbocycles. The van der Waals surface area contributed by atoms with E-state index in [0.717, 1.165) is 60.3 Å². The van der Waals surface area contributed by atoms with Crippen molar-refractivity contribution in [2.45, 2.75) is 16.4 Å². The third-order valence-corrected chi connectivity index (χ3v) is 8.28. The summed E-state index contributed by atoms with van der Waals surface area (Å²) in [7, 11) is -5.82. The van der Waals surface area contributed by atoms with Gasteiger partial charge in [0.15, 0.2) is 11.5 Å². The summed E-state index contributed by atoms with van der Waals surface area (Å²) >= 11 is 0. The molecule has 0 aliphatic heterocycles. The van der Waals surface area contributed by atoms with E-state index in [2.05, 4.69) is 24.9 Å². The molecule has 26 heteroatoms. The highest BCUT2D eigenvalue weighted by Gasteiger charge is 2.35. The van der Waals surface area contributed by atoms with E-state index in [4.69, 9.17) is 9.47 Å². The smallest absolute Gasteiger partial charge is 0.467 e. The van der Waals surface area contributed by atoms with Crippen molar-refractivity contribution in [2.24, 2.45) is 7.05 Å². The summed E-state index contributed by atoms with van der Waals surface area (Å²) in [6.07, 6.45) is -4.38. The summed E-state index contributed by atoms with van der Waals surface area (Å²) in [5.41, 5.74) is -2.41. The predicted octanol–water partition coefficient (Wildman–Crippen LogP) is 1.79. The van der Waals surface area contributed by atoms with Crippen molar-refractivity contribution in [2.75, 3.05) is 18.9 Å². The SMILES string of the molecule is COc1ncc(F)c2nc(S(=O)(=O)Nc3c(F)cccc3F)nn12.COc1nn(C(=O)NS(=O)(=O)c2ccccc2OC(F)(F)F)c(=O)n1C. The van der Waals surface area contributed by atoms with Crippen LogP contribution in [0.4, 0.5) is 36.8 Å². The molecule has 5 aromatic rings. The first-order valence-electron chi connectivity index (χ1n) is 12.8. The highest BCUT2D eigenvalue weighted by atomic mass is 32.2. The van der Waals surface area contributed by atoms with Crippen LogP contribution in [-0.4, -0.2) is 77.4 Å². The molecule has 0 unspecified atom stereocenters. The van der Waals surface area contributed by atoms with E-state index in [1.54, 1.807) is 4.72 Å². The van der Waals surface area contributed by atoms with E-state index < -0.39 is 82.7 Å². The molecule has 0 aliphatic rings. The Kier molecular flexibility index (Phi) is 10.3. The number of ether oxygens (including phenoxy) is 3. The van der Waals surface area contributed by atoms with Crippen LogP contribution in [0.15, 0.2) is 63.5 Å². The summed E-state index contributed by atoms with van der Waals surface area (Å²) < 4.78 is 145. The van der Waals surface area contributed by atoms with Gasteiger partial charge in [0.2, 0.25) is 0 Å². The largest absolute Gasteiger partial charge is 0.573 e. The Balaban J connectivity index is 0.000000225. The highest BCUT2D eigenvalue weighted by molar-refractivity contribution is 7.92. The number of fused-ring (bicyclic) bond motifs is 1. The van der Waals surface area contributed by atoms with Crippen molar-refractivity contribution in [3.05, 3.63) is 76.6 Å². The van der Waals surface area contributed by atoms with Gasteiger partial charge in [-0.05, 0) is 24.3 Å². The number of hydrogen-bond acceptors (Lipinski definition) is 13. The van der Waals surface area contributed by atoms with Crippen LogP contribution in [0.3, 0.4) is 0 Å². The lowest BCUT2D eigenvalue weighted by Crippen LogP contribution is -2.40. The van der Waals surface area contributed by atoms with E-state index >= 15 is 0 Å². The van der Waals surface area contributed by atoms with Crippen LogP contribution in [0.5, 0.6) is 17.8 Å². The Labute approximate surface area is 274 Å². The van der Waals surface area contributed by atoms with Gasteiger partial charge in [-0.25, -0.2) is 45.5 Å². The second kappa shape index (κ2) is 13.9. The normalized spacial score (nSPS) is 11.8. The molecule has 0 aliphatic carbocycles. The number of hydrogen-bond donors (Lipinski definition) is 2. The first kappa shape index (κ1) is 36.9. The van der Waals surface area contributed by atoms with E-state index in [1.165, 1.54) is 18.9 Å². The Bertz CT molecular complexity index is 2340. The maximum Gasteiger partial charge on any atom is 0.573 e. The lowest BCUT2D eigenvalue weighted by molar-refractivity contribution is -0.275. The fourth-order valence-electron chi connectivity index (χ4n) is 3.66. The molecule has 268 valence electrons. The Morgan fingerprint density at radius 2 is 1.48 bits per heavy atom. The van der Waals surface area contributed by atoms with Gasteiger partial charge < -0.3 is 14.2 Å². The number of carbonyl (C=O) groups excluding carboxylic acids is 1. The molecule has 0 radical (unpaired) electrons. The standard InChI is InChI=1S/C12H8F3N5O3S.C12H11F3N4O6S/c1-23-12-16-5-8(15)10-17-11(18-20(10)12)24(21,22)19-9-6(13)3-2-4-7(9)14;1-18-10(24-2)16-19(11(18)21)9(20)17-26(22,23)8-6-4-3-5-7(8)25-12(13,14)15/h2-5,19H,1H3;3-6H,1-2H3,(H,17,20). The van der Waals surface area contributed by atoms with Gasteiger partial charge in [0, 0.05) is 7.05 Å². The fourth-order valence-corrected chi connectivity index (χ4v) is 5.67. The topological polar surface area (TPSA) is 220 Å². The summed E-state index contributed by atoms with van der Waals surface area (Å²) in [5, 5.41) is 6.09. The van der Waals surface area contributed by atoms with Gasteiger partial charge in [-0.1, -0.05) is 18.2 Å². The molecule has 5 rings (SSSR count). The third-order valence-electron chi connectivity index (χ3n) is 5.79. The summed E-state index contributed by atoms with van der Waals surface area (Å²) in [6, 6.07) is 4.54. The Morgan fingerprint density at radius 1 is 0.860 bits per heavy atom. The number of carbonyl (C=O) groups is 1. The van der Waals surface area contributed by atoms with Crippen molar-refractivity contribution in [3.8, 4) is 17.8 Å². The maximum atomic E-state index is 13.7. The number of alkyl halides is 3. The van der Waals surface area contributed by atoms with Gasteiger partial charge in [-0.2, -0.15) is 17.9 Å². The number of anilines is 1. The van der Waals surface area contributed by atoms with Gasteiger partial charge in [0.1, 0.15) is 28.0 Å². The zero-order valence-electron chi connectivity index (χ0n) is 25.0. The molecule has 0 spiro atoms. The van der Waals surface area contributed by atoms with Crippen LogP contribution < -0.4 is 29.3 Å². The lowest BCUT2D eigenvalue weighted by atomic mass is 10.3. The number of nitrogens with one attached hydrogen (secondary N) is 2. The number of sulfonamides is 2. The number of benzene rings is 2. The molecule has 3 heterocycles. The first-order chi connectivity index (χ1) is 23.3. The van der Waals surface area contributed by atoms with Crippen LogP contribution >= 0.6 is 0 Å². The zero-order chi connectivity index (χ0) is 37.2. The summed E-state index contributed by atoms with van der Waals surface area (Å²) in [6.45, 7) is 0. The van der Waals surface area contributed by atoms with Crippen molar-refractivity contribution >= 4 is 37.4 Å². The number of rotatable bonds is 8. The maximum absolute atomic E-state index is 13.7. The minimum Gasteiger partial charge on any atom is -0.467 e. The van der Waals surface area contributed by atoms with Gasteiger partial charge in [0.05, 0.1) is 20.4 Å². The molecule has 0 saturated heterocycles. The van der Waals surface area contributed by atoms with E-state index in [0.29, 0.717) is 4.52 Å². The average molecular weight is 756 g/mol. The van der Waals surface area contributed by atoms with Crippen molar-refractivity contribution in [3.63, 3.8) is 0 Å². The lowest BCUT2D eigenvalue weighted by Gasteiger charge is -2.13. The summed E-state index contributed by atoms with van der Waals surface area (Å²) in [4.78, 5) is 29.9. The van der Waals surface area contributed by atoms with Gasteiger partial charge >= 0.3 is 30.1 Å². The molecular formula is C24H19F6N9O9S2. The number of methoxy groups -OCH3 is 2. The van der Waals surface area contributed by atoms with Crippen LogP contribution in [-0.2, 0) is 27.1 Å². The van der Waals surface area contributed by atoms with Crippen LogP contribution in [0.25, 0.3) is 5.65 Å². The van der Waals surface area contributed by atoms with E-state index in [9.17, 15) is 52.8 Å². The second-order valence-corrected chi connectivity index (χ2v) is 12.3. The second-order valence-electron chi connectivity index (χ2n) is 9.07. The highest BCUT2D eigenvalue weighted by Crippen LogP contribution is 2.29. The zero-order valence-corrected chi connectivity index (χ0v) is 26.6. The summed E-state index contributed by atoms with van der Waals surface area (Å²) in [5.74, 6) is -4.27. The first-order valence-corrected chi connectivity index (χ1v) is 15.8. The fraction of sp³-hybridized carbons (Fsp3) is 0.167. The van der Waals surface area contributed by atoms with Crippen LogP contribution in [0.1, 0.15) is 0 Å². The van der Waals surface area contributed by atoms with Crippen LogP contribution in [0.2, 0.25) is 0 Å². The molecule has 3 aromatic heterocycles. The molecule has 50 heavy (non-hydrogen) atoms. The van der Waals surface area contributed by atoms with Gasteiger partial charge in [-0.3, -0.25) is 4.72 Å². The molecule has 2 aromatic carbocycles. The molecule has 2 N–H and O–H groups in total. The van der Waals surface area contributed by atoms with Crippen molar-refractivity contribution in [1.29, 1.82) is 0 Å². The quantitative estimate of drug-likeness (QED) is 0.216. The minimum absolute atomic E-state index is 0.142. The third kappa shape index (κ3) is 7.86. The molecule has 0 bridgehead atoms. The predicted molar refractivity (Wildman–Crippen MR) is 153 cm³/mol. The van der Waals surface area contributed by atoms with Crippen molar-refractivity contribution < 1.29 is 62.2 Å². The van der Waals surface area contributed by atoms with Crippen molar-refractivity contribution in [1.82, 2.24) is 38.7 Å². The van der Waals surface area contributed by atoms with E-state index in [-0.39, 0.29) is 16.7 Å². The number of aromatic nitrogens is 7. The Morgan fingerprint density at radius 3 is 2.06 bits per heavy atom. The number of para-hydroxylation sites is 2. The van der Waals surface area contributed by atoms with Gasteiger partial charge in [-0.15, -0.1) is 28.1 Å². The Hall–Kier alpha value is -5.92. The van der Waals surface area contributed by atoms with Gasteiger partial charge in [0.25, 0.3) is 25.2 Å². The molecular weight excluding hydrogens is 736 g/mol. The molecule has 1 amide bonds. The molecule has 0 atom stereocenters.